The molecule has 3 N–H and O–H groups in total. The molecule has 0 aliphatic rings. The highest BCUT2D eigenvalue weighted by atomic mass is 127. The van der Waals surface area contributed by atoms with Crippen molar-refractivity contribution in [1.82, 2.24) is 15.1 Å². The number of aliphatic imine (C=N–C) groups is 1. The molecular formula is C11H22IN5. The fourth-order valence-electron chi connectivity index (χ4n) is 1.29. The Kier molecular flexibility index (Phi) is 5.94. The van der Waals surface area contributed by atoms with Gasteiger partial charge in [-0.2, -0.15) is 5.10 Å². The van der Waals surface area contributed by atoms with E-state index in [0.717, 1.165) is 11.3 Å². The second-order valence-corrected chi connectivity index (χ2v) is 4.96. The molecule has 0 atom stereocenters. The van der Waals surface area contributed by atoms with Crippen molar-refractivity contribution < 1.29 is 0 Å². The Hall–Kier alpha value is -0.790. The van der Waals surface area contributed by atoms with Crippen molar-refractivity contribution in [2.75, 3.05) is 0 Å². The van der Waals surface area contributed by atoms with E-state index in [9.17, 15) is 0 Å². The summed E-state index contributed by atoms with van der Waals surface area (Å²) in [5.74, 6) is 0.468. The van der Waals surface area contributed by atoms with Crippen LogP contribution in [0.15, 0.2) is 11.2 Å². The summed E-state index contributed by atoms with van der Waals surface area (Å²) in [6.07, 6.45) is 1.82. The van der Waals surface area contributed by atoms with Crippen LogP contribution in [0, 0.1) is 6.92 Å². The third-order valence-electron chi connectivity index (χ3n) is 2.26. The molecule has 0 radical (unpaired) electrons. The summed E-state index contributed by atoms with van der Waals surface area (Å²) in [7, 11) is 1.92. The Bertz CT molecular complexity index is 389. The fourth-order valence-corrected chi connectivity index (χ4v) is 1.29. The van der Waals surface area contributed by atoms with Crippen LogP contribution in [0.3, 0.4) is 0 Å². The van der Waals surface area contributed by atoms with Crippen LogP contribution >= 0.6 is 24.0 Å². The topological polar surface area (TPSA) is 68.2 Å². The lowest BCUT2D eigenvalue weighted by molar-refractivity contribution is 0.508. The number of nitrogens with one attached hydrogen (secondary N) is 1. The minimum absolute atomic E-state index is 0. The molecule has 0 saturated heterocycles. The van der Waals surface area contributed by atoms with Gasteiger partial charge in [0.2, 0.25) is 0 Å². The lowest BCUT2D eigenvalue weighted by Gasteiger charge is -2.20. The Morgan fingerprint density at radius 2 is 2.12 bits per heavy atom. The van der Waals surface area contributed by atoms with Crippen molar-refractivity contribution in [3.8, 4) is 0 Å². The molecule has 0 aliphatic heterocycles. The summed E-state index contributed by atoms with van der Waals surface area (Å²) in [6, 6.07) is 0. The van der Waals surface area contributed by atoms with E-state index in [2.05, 4.69) is 15.4 Å². The normalized spacial score (nSPS) is 12.2. The molecular weight excluding hydrogens is 329 g/mol. The van der Waals surface area contributed by atoms with Gasteiger partial charge in [0.25, 0.3) is 0 Å². The Morgan fingerprint density at radius 3 is 2.53 bits per heavy atom. The molecule has 0 aliphatic carbocycles. The van der Waals surface area contributed by atoms with Gasteiger partial charge in [-0.15, -0.1) is 24.0 Å². The second kappa shape index (κ2) is 6.23. The molecule has 6 heteroatoms. The van der Waals surface area contributed by atoms with Gasteiger partial charge >= 0.3 is 0 Å². The first-order valence-electron chi connectivity index (χ1n) is 5.35. The number of nitrogens with two attached hydrogens (primary N) is 1. The molecule has 5 nitrogen and oxygen atoms in total. The molecule has 0 aromatic carbocycles. The van der Waals surface area contributed by atoms with E-state index in [4.69, 9.17) is 5.73 Å². The van der Waals surface area contributed by atoms with Gasteiger partial charge in [-0.05, 0) is 27.7 Å². The van der Waals surface area contributed by atoms with Crippen LogP contribution in [-0.4, -0.2) is 21.3 Å². The van der Waals surface area contributed by atoms with Crippen molar-refractivity contribution in [2.24, 2.45) is 17.8 Å². The van der Waals surface area contributed by atoms with Crippen molar-refractivity contribution in [2.45, 2.75) is 39.8 Å². The van der Waals surface area contributed by atoms with Gasteiger partial charge in [0.1, 0.15) is 0 Å². The second-order valence-electron chi connectivity index (χ2n) is 4.96. The Balaban J connectivity index is 0.00000256. The number of hydrogen-bond acceptors (Lipinski definition) is 2. The molecule has 1 rings (SSSR count). The number of guanidine groups is 1. The van der Waals surface area contributed by atoms with Crippen molar-refractivity contribution in [1.29, 1.82) is 0 Å². The minimum Gasteiger partial charge on any atom is -0.370 e. The van der Waals surface area contributed by atoms with Crippen LogP contribution in [-0.2, 0) is 13.6 Å². The minimum atomic E-state index is -0.0580. The summed E-state index contributed by atoms with van der Waals surface area (Å²) < 4.78 is 1.83. The van der Waals surface area contributed by atoms with E-state index < -0.39 is 0 Å². The van der Waals surface area contributed by atoms with E-state index >= 15 is 0 Å². The van der Waals surface area contributed by atoms with Gasteiger partial charge in [-0.3, -0.25) is 4.68 Å². The summed E-state index contributed by atoms with van der Waals surface area (Å²) in [4.78, 5) is 4.28. The molecule has 1 heterocycles. The van der Waals surface area contributed by atoms with Gasteiger partial charge < -0.3 is 11.1 Å². The number of aryl methyl sites for hydroxylation is 1. The zero-order valence-electron chi connectivity index (χ0n) is 11.1. The van der Waals surface area contributed by atoms with Crippen molar-refractivity contribution >= 4 is 29.9 Å². The molecule has 0 amide bonds. The summed E-state index contributed by atoms with van der Waals surface area (Å²) in [5, 5.41) is 7.27. The van der Waals surface area contributed by atoms with Crippen LogP contribution in [0.1, 0.15) is 32.0 Å². The van der Waals surface area contributed by atoms with Crippen LogP contribution in [0.4, 0.5) is 0 Å². The lowest BCUT2D eigenvalue weighted by atomic mass is 10.1. The third kappa shape index (κ3) is 5.38. The van der Waals surface area contributed by atoms with Crippen molar-refractivity contribution in [3.63, 3.8) is 0 Å². The van der Waals surface area contributed by atoms with Gasteiger partial charge in [-0.25, -0.2) is 4.99 Å². The number of aromatic nitrogens is 2. The predicted molar refractivity (Wildman–Crippen MR) is 81.6 cm³/mol. The standard InChI is InChI=1S/C11H21N5.HI/c1-8-9(7-14-16(8)5)6-13-10(12)15-11(2,3)4;/h7H,6H2,1-5H3,(H3,12,13,15);1H. The maximum Gasteiger partial charge on any atom is 0.189 e. The zero-order chi connectivity index (χ0) is 12.3. The smallest absolute Gasteiger partial charge is 0.189 e. The molecule has 1 aromatic heterocycles. The van der Waals surface area contributed by atoms with Crippen LogP contribution in [0.5, 0.6) is 0 Å². The van der Waals surface area contributed by atoms with Crippen LogP contribution in [0.2, 0.25) is 0 Å². The van der Waals surface area contributed by atoms with E-state index in [1.54, 1.807) is 0 Å². The highest BCUT2D eigenvalue weighted by molar-refractivity contribution is 14.0. The number of rotatable bonds is 2. The first-order valence-corrected chi connectivity index (χ1v) is 5.35. The largest absolute Gasteiger partial charge is 0.370 e. The van der Waals surface area contributed by atoms with Crippen LogP contribution in [0.25, 0.3) is 0 Å². The third-order valence-corrected chi connectivity index (χ3v) is 2.26. The highest BCUT2D eigenvalue weighted by Crippen LogP contribution is 2.06. The van der Waals surface area contributed by atoms with Gasteiger partial charge in [0, 0.05) is 23.8 Å². The summed E-state index contributed by atoms with van der Waals surface area (Å²) in [5.41, 5.74) is 7.93. The number of nitrogens with zero attached hydrogens (tertiary/aromatic N) is 3. The van der Waals surface area contributed by atoms with Crippen molar-refractivity contribution in [3.05, 3.63) is 17.5 Å². The maximum absolute atomic E-state index is 5.78. The van der Waals surface area contributed by atoms with Gasteiger partial charge in [0.05, 0.1) is 12.7 Å². The average molecular weight is 351 g/mol. The maximum atomic E-state index is 5.78. The number of halogens is 1. The van der Waals surface area contributed by atoms with E-state index in [-0.39, 0.29) is 29.5 Å². The molecule has 0 saturated carbocycles. The molecule has 0 fully saturated rings. The molecule has 0 spiro atoms. The SMILES string of the molecule is Cc1c(CN=C(N)NC(C)(C)C)cnn1C.I. The van der Waals surface area contributed by atoms with Gasteiger partial charge in [0.15, 0.2) is 5.96 Å². The number of hydrogen-bond donors (Lipinski definition) is 2. The van der Waals surface area contributed by atoms with Crippen LogP contribution < -0.4 is 11.1 Å². The average Bonchev–Trinajstić information content (AvgIpc) is 2.42. The molecule has 17 heavy (non-hydrogen) atoms. The summed E-state index contributed by atoms with van der Waals surface area (Å²) in [6.45, 7) is 8.72. The molecule has 1 aromatic rings. The van der Waals surface area contributed by atoms with E-state index in [0.29, 0.717) is 12.5 Å². The lowest BCUT2D eigenvalue weighted by Crippen LogP contribution is -2.44. The highest BCUT2D eigenvalue weighted by Gasteiger charge is 2.10. The Morgan fingerprint density at radius 1 is 1.53 bits per heavy atom. The molecule has 0 bridgehead atoms. The molecule has 98 valence electrons. The Labute approximate surface area is 120 Å². The summed E-state index contributed by atoms with van der Waals surface area (Å²) >= 11 is 0. The van der Waals surface area contributed by atoms with Gasteiger partial charge in [-0.1, -0.05) is 0 Å². The molecule has 0 unspecified atom stereocenters. The van der Waals surface area contributed by atoms with E-state index in [1.165, 1.54) is 0 Å². The quantitative estimate of drug-likeness (QED) is 0.483. The predicted octanol–water partition coefficient (Wildman–Crippen LogP) is 1.55. The zero-order valence-corrected chi connectivity index (χ0v) is 13.4. The first-order chi connectivity index (χ1) is 7.29. The first kappa shape index (κ1) is 16.2. The fraction of sp³-hybridized carbons (Fsp3) is 0.636. The van der Waals surface area contributed by atoms with E-state index in [1.807, 2.05) is 45.6 Å². The monoisotopic (exact) mass is 351 g/mol.